The van der Waals surface area contributed by atoms with Gasteiger partial charge in [0.05, 0.1) is 22.6 Å². The summed E-state index contributed by atoms with van der Waals surface area (Å²) in [6.07, 6.45) is 0. The largest absolute Gasteiger partial charge is 0.248 e. The SMILES string of the molecule is c1ccc(-c2ccc(-c3cc(-c4cccc(-c5cc6nc(-c7ccccc7)cc(-c7ccccc7)c6c6ccccc56)c4)nc(-c4ccccc4)n3)cc2)cc1. The molecule has 0 spiro atoms. The maximum absolute atomic E-state index is 5.34. The molecule has 0 aliphatic carbocycles. The second-order valence-electron chi connectivity index (χ2n) is 14.0. The summed E-state index contributed by atoms with van der Waals surface area (Å²) in [7, 11) is 0. The van der Waals surface area contributed by atoms with Crippen molar-refractivity contribution < 1.29 is 0 Å². The molecule has 262 valence electrons. The van der Waals surface area contributed by atoms with Gasteiger partial charge >= 0.3 is 0 Å². The van der Waals surface area contributed by atoms with Gasteiger partial charge in [-0.15, -0.1) is 0 Å². The summed E-state index contributed by atoms with van der Waals surface area (Å²) in [6.45, 7) is 0. The summed E-state index contributed by atoms with van der Waals surface area (Å²) in [5, 5.41) is 3.50. The molecule has 0 atom stereocenters. The minimum atomic E-state index is 0.692. The van der Waals surface area contributed by atoms with Crippen molar-refractivity contribution in [2.45, 2.75) is 0 Å². The van der Waals surface area contributed by atoms with Gasteiger partial charge in [0.1, 0.15) is 0 Å². The number of rotatable bonds is 7. The molecule has 8 aromatic carbocycles. The van der Waals surface area contributed by atoms with E-state index in [1.165, 1.54) is 33.0 Å². The fraction of sp³-hybridized carbons (Fsp3) is 0. The summed E-state index contributed by atoms with van der Waals surface area (Å²) < 4.78 is 0. The Morgan fingerprint density at radius 1 is 0.250 bits per heavy atom. The molecular formula is C53H35N3. The fourth-order valence-electron chi connectivity index (χ4n) is 7.71. The number of benzene rings is 8. The Bertz CT molecular complexity index is 2980. The molecule has 0 saturated heterocycles. The zero-order chi connectivity index (χ0) is 37.3. The molecule has 2 heterocycles. The summed E-state index contributed by atoms with van der Waals surface area (Å²) >= 11 is 0. The van der Waals surface area contributed by atoms with Gasteiger partial charge in [-0.3, -0.25) is 0 Å². The Balaban J connectivity index is 1.14. The van der Waals surface area contributed by atoms with Crippen molar-refractivity contribution in [1.82, 2.24) is 15.0 Å². The molecule has 2 aromatic heterocycles. The Morgan fingerprint density at radius 3 is 1.39 bits per heavy atom. The fourth-order valence-corrected chi connectivity index (χ4v) is 7.71. The van der Waals surface area contributed by atoms with Crippen LogP contribution in [0.4, 0.5) is 0 Å². The van der Waals surface area contributed by atoms with Crippen LogP contribution in [0, 0.1) is 0 Å². The van der Waals surface area contributed by atoms with E-state index in [0.29, 0.717) is 5.82 Å². The number of hydrogen-bond donors (Lipinski definition) is 0. The van der Waals surface area contributed by atoms with Crippen LogP contribution in [-0.4, -0.2) is 15.0 Å². The molecule has 0 saturated carbocycles. The van der Waals surface area contributed by atoms with Gasteiger partial charge in [0, 0.05) is 27.6 Å². The summed E-state index contributed by atoms with van der Waals surface area (Å²) in [6, 6.07) is 74.5. The average Bonchev–Trinajstić information content (AvgIpc) is 3.29. The third kappa shape index (κ3) is 6.31. The predicted octanol–water partition coefficient (Wildman–Crippen LogP) is 13.8. The number of aromatic nitrogens is 3. The second kappa shape index (κ2) is 14.4. The number of nitrogens with zero attached hydrogens (tertiary/aromatic N) is 3. The lowest BCUT2D eigenvalue weighted by Crippen LogP contribution is -1.96. The first-order valence-corrected chi connectivity index (χ1v) is 18.9. The smallest absolute Gasteiger partial charge is 0.160 e. The molecule has 0 fully saturated rings. The minimum absolute atomic E-state index is 0.692. The van der Waals surface area contributed by atoms with Crippen molar-refractivity contribution in [3.8, 4) is 78.5 Å². The van der Waals surface area contributed by atoms with Crippen LogP contribution in [-0.2, 0) is 0 Å². The van der Waals surface area contributed by atoms with Crippen molar-refractivity contribution in [1.29, 1.82) is 0 Å². The summed E-state index contributed by atoms with van der Waals surface area (Å²) in [4.78, 5) is 15.6. The topological polar surface area (TPSA) is 38.7 Å². The third-order valence-electron chi connectivity index (χ3n) is 10.5. The van der Waals surface area contributed by atoms with E-state index in [9.17, 15) is 0 Å². The normalized spacial score (nSPS) is 11.2. The summed E-state index contributed by atoms with van der Waals surface area (Å²) in [5.41, 5.74) is 14.7. The Labute approximate surface area is 326 Å². The van der Waals surface area contributed by atoms with Gasteiger partial charge in [-0.25, -0.2) is 15.0 Å². The average molecular weight is 714 g/mol. The van der Waals surface area contributed by atoms with Gasteiger partial charge in [0.15, 0.2) is 5.82 Å². The highest BCUT2D eigenvalue weighted by atomic mass is 14.9. The van der Waals surface area contributed by atoms with Crippen LogP contribution in [0.1, 0.15) is 0 Å². The molecule has 0 N–H and O–H groups in total. The van der Waals surface area contributed by atoms with Crippen LogP contribution in [0.15, 0.2) is 212 Å². The van der Waals surface area contributed by atoms with Gasteiger partial charge in [-0.2, -0.15) is 0 Å². The molecule has 10 rings (SSSR count). The first-order chi connectivity index (χ1) is 27.7. The molecular weight excluding hydrogens is 679 g/mol. The van der Waals surface area contributed by atoms with Gasteiger partial charge in [-0.05, 0) is 68.4 Å². The highest BCUT2D eigenvalue weighted by molar-refractivity contribution is 6.18. The molecule has 3 nitrogen and oxygen atoms in total. The number of pyridine rings is 1. The van der Waals surface area contributed by atoms with Crippen molar-refractivity contribution in [3.63, 3.8) is 0 Å². The highest BCUT2D eigenvalue weighted by Crippen LogP contribution is 2.41. The molecule has 0 radical (unpaired) electrons. The van der Waals surface area contributed by atoms with Crippen molar-refractivity contribution in [3.05, 3.63) is 212 Å². The maximum atomic E-state index is 5.34. The zero-order valence-electron chi connectivity index (χ0n) is 30.5. The zero-order valence-corrected chi connectivity index (χ0v) is 30.5. The Hall–Kier alpha value is -7.49. The second-order valence-corrected chi connectivity index (χ2v) is 14.0. The third-order valence-corrected chi connectivity index (χ3v) is 10.5. The van der Waals surface area contributed by atoms with E-state index in [2.05, 4.69) is 182 Å². The van der Waals surface area contributed by atoms with Crippen LogP contribution in [0.3, 0.4) is 0 Å². The van der Waals surface area contributed by atoms with Crippen LogP contribution in [0.5, 0.6) is 0 Å². The van der Waals surface area contributed by atoms with E-state index < -0.39 is 0 Å². The van der Waals surface area contributed by atoms with E-state index in [1.54, 1.807) is 0 Å². The first-order valence-electron chi connectivity index (χ1n) is 18.9. The van der Waals surface area contributed by atoms with E-state index in [0.717, 1.165) is 61.4 Å². The van der Waals surface area contributed by atoms with E-state index in [1.807, 2.05) is 30.3 Å². The van der Waals surface area contributed by atoms with E-state index in [-0.39, 0.29) is 0 Å². The van der Waals surface area contributed by atoms with Crippen molar-refractivity contribution in [2.24, 2.45) is 0 Å². The number of hydrogen-bond acceptors (Lipinski definition) is 3. The van der Waals surface area contributed by atoms with Gasteiger partial charge in [0.2, 0.25) is 0 Å². The van der Waals surface area contributed by atoms with Crippen molar-refractivity contribution in [2.75, 3.05) is 0 Å². The van der Waals surface area contributed by atoms with Crippen LogP contribution in [0.25, 0.3) is 100 Å². The lowest BCUT2D eigenvalue weighted by atomic mass is 9.90. The minimum Gasteiger partial charge on any atom is -0.248 e. The molecule has 3 heteroatoms. The van der Waals surface area contributed by atoms with E-state index >= 15 is 0 Å². The standard InChI is InChI=1S/C53H35N3/c1-5-16-36(17-6-1)37-28-30-40(31-29-37)49-35-50(56-53(55-49)41-22-11-4-12-23-41)43-25-15-24-42(32-43)46-33-51-52(45-27-14-13-26-44(45)46)47(38-18-7-2-8-19-38)34-48(54-51)39-20-9-3-10-21-39/h1-35H. The monoisotopic (exact) mass is 713 g/mol. The van der Waals surface area contributed by atoms with Crippen molar-refractivity contribution >= 4 is 21.7 Å². The molecule has 0 bridgehead atoms. The predicted molar refractivity (Wildman–Crippen MR) is 233 cm³/mol. The van der Waals surface area contributed by atoms with Crippen LogP contribution < -0.4 is 0 Å². The molecule has 0 aliphatic heterocycles. The molecule has 56 heavy (non-hydrogen) atoms. The van der Waals surface area contributed by atoms with E-state index in [4.69, 9.17) is 15.0 Å². The summed E-state index contributed by atoms with van der Waals surface area (Å²) in [5.74, 6) is 0.692. The van der Waals surface area contributed by atoms with Crippen LogP contribution in [0.2, 0.25) is 0 Å². The lowest BCUT2D eigenvalue weighted by molar-refractivity contribution is 1.18. The van der Waals surface area contributed by atoms with Gasteiger partial charge in [0.25, 0.3) is 0 Å². The van der Waals surface area contributed by atoms with Gasteiger partial charge in [-0.1, -0.05) is 188 Å². The Kier molecular flexibility index (Phi) is 8.51. The Morgan fingerprint density at radius 2 is 0.714 bits per heavy atom. The molecule has 10 aromatic rings. The number of fused-ring (bicyclic) bond motifs is 3. The molecule has 0 unspecified atom stereocenters. The molecule has 0 amide bonds. The lowest BCUT2D eigenvalue weighted by Gasteiger charge is -2.16. The van der Waals surface area contributed by atoms with Crippen LogP contribution >= 0.6 is 0 Å². The first kappa shape index (κ1) is 33.1. The molecule has 0 aliphatic rings. The maximum Gasteiger partial charge on any atom is 0.160 e. The highest BCUT2D eigenvalue weighted by Gasteiger charge is 2.17. The quantitative estimate of drug-likeness (QED) is 0.154. The van der Waals surface area contributed by atoms with Gasteiger partial charge < -0.3 is 0 Å².